The minimum Gasteiger partial charge on any atom is -0.480 e. The first-order valence-corrected chi connectivity index (χ1v) is 4.89. The third kappa shape index (κ3) is 1.57. The van der Waals surface area contributed by atoms with E-state index in [1.807, 2.05) is 0 Å². The monoisotopic (exact) mass is 226 g/mol. The van der Waals surface area contributed by atoms with Crippen LogP contribution in [-0.2, 0) is 11.3 Å². The van der Waals surface area contributed by atoms with Crippen LogP contribution in [0.2, 0.25) is 0 Å². The number of aromatic amines is 1. The number of H-pyrrole nitrogens is 1. The standard InChI is InChI=1S/C8H6N2O4S/c11-5(12)3-10-4-1-2-15-6(4)7(13)9-8(10)14/h1-2H,3H2,(H,11,12)(H,9,13,14). The normalized spacial score (nSPS) is 10.7. The minimum absolute atomic E-state index is 0.357. The number of nitrogens with zero attached hydrogens (tertiary/aromatic N) is 1. The molecule has 2 rings (SSSR count). The number of carboxylic acid groups (broad SMARTS) is 1. The van der Waals surface area contributed by atoms with E-state index in [9.17, 15) is 14.4 Å². The number of hydrogen-bond donors (Lipinski definition) is 2. The van der Waals surface area contributed by atoms with Crippen molar-refractivity contribution < 1.29 is 9.90 Å². The number of rotatable bonds is 2. The quantitative estimate of drug-likeness (QED) is 0.744. The third-order valence-electron chi connectivity index (χ3n) is 1.90. The Morgan fingerprint density at radius 1 is 1.53 bits per heavy atom. The SMILES string of the molecule is O=C(O)Cn1c(=O)[nH]c(=O)c2sccc21. The van der Waals surface area contributed by atoms with Crippen LogP contribution in [0.5, 0.6) is 0 Å². The van der Waals surface area contributed by atoms with Crippen LogP contribution >= 0.6 is 11.3 Å². The van der Waals surface area contributed by atoms with E-state index < -0.39 is 23.8 Å². The van der Waals surface area contributed by atoms with Crippen LogP contribution in [0.25, 0.3) is 10.2 Å². The summed E-state index contributed by atoms with van der Waals surface area (Å²) in [5.41, 5.74) is -0.823. The molecule has 78 valence electrons. The van der Waals surface area contributed by atoms with Crippen molar-refractivity contribution in [2.75, 3.05) is 0 Å². The molecular formula is C8H6N2O4S. The van der Waals surface area contributed by atoms with E-state index in [0.717, 1.165) is 4.57 Å². The van der Waals surface area contributed by atoms with Gasteiger partial charge in [-0.05, 0) is 11.4 Å². The number of aromatic nitrogens is 2. The fourth-order valence-electron chi connectivity index (χ4n) is 1.31. The molecule has 7 heteroatoms. The maximum Gasteiger partial charge on any atom is 0.329 e. The molecule has 0 aliphatic carbocycles. The first kappa shape index (κ1) is 9.66. The van der Waals surface area contributed by atoms with Crippen molar-refractivity contribution in [1.82, 2.24) is 9.55 Å². The first-order valence-electron chi connectivity index (χ1n) is 4.01. The van der Waals surface area contributed by atoms with Crippen molar-refractivity contribution in [2.24, 2.45) is 0 Å². The molecule has 0 aromatic carbocycles. The number of fused-ring (bicyclic) bond motifs is 1. The maximum atomic E-state index is 11.3. The number of hydrogen-bond acceptors (Lipinski definition) is 4. The molecule has 2 N–H and O–H groups in total. The Hall–Kier alpha value is -1.89. The molecule has 0 aliphatic heterocycles. The summed E-state index contributed by atoms with van der Waals surface area (Å²) >= 11 is 1.17. The van der Waals surface area contributed by atoms with Crippen LogP contribution in [0.4, 0.5) is 0 Å². The van der Waals surface area contributed by atoms with Gasteiger partial charge < -0.3 is 5.11 Å². The molecule has 2 aromatic heterocycles. The molecule has 2 heterocycles. The van der Waals surface area contributed by atoms with E-state index >= 15 is 0 Å². The van der Waals surface area contributed by atoms with Gasteiger partial charge in [0, 0.05) is 0 Å². The van der Waals surface area contributed by atoms with Crippen molar-refractivity contribution >= 4 is 27.5 Å². The number of carboxylic acids is 1. The average Bonchev–Trinajstić information content (AvgIpc) is 2.60. The second-order valence-electron chi connectivity index (χ2n) is 2.87. The van der Waals surface area contributed by atoms with Gasteiger partial charge in [0.1, 0.15) is 11.2 Å². The smallest absolute Gasteiger partial charge is 0.329 e. The maximum absolute atomic E-state index is 11.3. The highest BCUT2D eigenvalue weighted by Crippen LogP contribution is 2.14. The molecule has 0 radical (unpaired) electrons. The predicted molar refractivity (Wildman–Crippen MR) is 54.3 cm³/mol. The lowest BCUT2D eigenvalue weighted by Gasteiger charge is -2.02. The van der Waals surface area contributed by atoms with Gasteiger partial charge >= 0.3 is 11.7 Å². The summed E-state index contributed by atoms with van der Waals surface area (Å²) < 4.78 is 1.38. The Labute approximate surface area is 86.4 Å². The van der Waals surface area contributed by atoms with Crippen molar-refractivity contribution in [2.45, 2.75) is 6.54 Å². The number of aliphatic carboxylic acids is 1. The zero-order chi connectivity index (χ0) is 11.0. The fourth-order valence-corrected chi connectivity index (χ4v) is 2.10. The Bertz CT molecular complexity index is 636. The lowest BCUT2D eigenvalue weighted by atomic mass is 10.4. The zero-order valence-electron chi connectivity index (χ0n) is 7.39. The molecule has 0 amide bonds. The molecule has 6 nitrogen and oxygen atoms in total. The van der Waals surface area contributed by atoms with Crippen molar-refractivity contribution in [3.63, 3.8) is 0 Å². The molecular weight excluding hydrogens is 220 g/mol. The molecule has 0 fully saturated rings. The second kappa shape index (κ2) is 3.35. The molecule has 0 saturated carbocycles. The van der Waals surface area contributed by atoms with Crippen LogP contribution in [0, 0.1) is 0 Å². The van der Waals surface area contributed by atoms with Gasteiger partial charge in [0.2, 0.25) is 0 Å². The highest BCUT2D eigenvalue weighted by Gasteiger charge is 2.10. The Kier molecular flexibility index (Phi) is 2.16. The van der Waals surface area contributed by atoms with E-state index in [2.05, 4.69) is 4.98 Å². The molecule has 0 spiro atoms. The summed E-state index contributed by atoms with van der Waals surface area (Å²) in [4.78, 5) is 35.2. The van der Waals surface area contributed by atoms with Gasteiger partial charge in [-0.3, -0.25) is 19.1 Å². The summed E-state index contributed by atoms with van der Waals surface area (Å²) in [6.45, 7) is -0.456. The summed E-state index contributed by atoms with van der Waals surface area (Å²) in [5, 5.41) is 10.2. The largest absolute Gasteiger partial charge is 0.480 e. The Balaban J connectivity index is 2.82. The molecule has 0 unspecified atom stereocenters. The predicted octanol–water partition coefficient (Wildman–Crippen LogP) is -0.164. The van der Waals surface area contributed by atoms with Crippen LogP contribution in [0.3, 0.4) is 0 Å². The van der Waals surface area contributed by atoms with E-state index in [1.165, 1.54) is 11.3 Å². The van der Waals surface area contributed by atoms with E-state index in [0.29, 0.717) is 10.2 Å². The highest BCUT2D eigenvalue weighted by atomic mass is 32.1. The van der Waals surface area contributed by atoms with Crippen LogP contribution in [-0.4, -0.2) is 20.6 Å². The van der Waals surface area contributed by atoms with E-state index in [4.69, 9.17) is 5.11 Å². The molecule has 0 saturated heterocycles. The van der Waals surface area contributed by atoms with Gasteiger partial charge in [-0.1, -0.05) is 0 Å². The second-order valence-corrected chi connectivity index (χ2v) is 3.79. The van der Waals surface area contributed by atoms with Crippen LogP contribution < -0.4 is 11.2 Å². The lowest BCUT2D eigenvalue weighted by Crippen LogP contribution is -2.31. The van der Waals surface area contributed by atoms with Crippen molar-refractivity contribution in [1.29, 1.82) is 0 Å². The Morgan fingerprint density at radius 2 is 2.27 bits per heavy atom. The summed E-state index contributed by atoms with van der Waals surface area (Å²) in [7, 11) is 0. The van der Waals surface area contributed by atoms with Crippen molar-refractivity contribution in [3.8, 4) is 0 Å². The molecule has 0 aliphatic rings. The van der Waals surface area contributed by atoms with Gasteiger partial charge in [0.25, 0.3) is 5.56 Å². The molecule has 2 aromatic rings. The molecule has 0 atom stereocenters. The topological polar surface area (TPSA) is 92.2 Å². The lowest BCUT2D eigenvalue weighted by molar-refractivity contribution is -0.137. The highest BCUT2D eigenvalue weighted by molar-refractivity contribution is 7.17. The van der Waals surface area contributed by atoms with Crippen molar-refractivity contribution in [3.05, 3.63) is 32.3 Å². The summed E-state index contributed by atoms with van der Waals surface area (Å²) in [5.74, 6) is -1.13. The summed E-state index contributed by atoms with van der Waals surface area (Å²) in [6, 6.07) is 1.56. The molecule has 0 bridgehead atoms. The van der Waals surface area contributed by atoms with E-state index in [-0.39, 0.29) is 0 Å². The van der Waals surface area contributed by atoms with Gasteiger partial charge in [0.05, 0.1) is 5.52 Å². The van der Waals surface area contributed by atoms with E-state index in [1.54, 1.807) is 11.4 Å². The first-order chi connectivity index (χ1) is 7.09. The summed E-state index contributed by atoms with van der Waals surface area (Å²) in [6.07, 6.45) is 0. The fraction of sp³-hybridized carbons (Fsp3) is 0.125. The number of nitrogens with one attached hydrogen (secondary N) is 1. The van der Waals surface area contributed by atoms with Gasteiger partial charge in [-0.25, -0.2) is 4.79 Å². The number of thiophene rings is 1. The van der Waals surface area contributed by atoms with Gasteiger partial charge in [-0.2, -0.15) is 0 Å². The van der Waals surface area contributed by atoms with Gasteiger partial charge in [-0.15, -0.1) is 11.3 Å². The third-order valence-corrected chi connectivity index (χ3v) is 2.80. The molecule has 15 heavy (non-hydrogen) atoms. The Morgan fingerprint density at radius 3 is 2.93 bits per heavy atom. The van der Waals surface area contributed by atoms with Crippen LogP contribution in [0.15, 0.2) is 21.0 Å². The van der Waals surface area contributed by atoms with Gasteiger partial charge in [0.15, 0.2) is 0 Å². The van der Waals surface area contributed by atoms with Crippen LogP contribution in [0.1, 0.15) is 0 Å². The minimum atomic E-state index is -1.13. The zero-order valence-corrected chi connectivity index (χ0v) is 8.21. The number of carbonyl (C=O) groups is 1. The average molecular weight is 226 g/mol.